The third-order valence-corrected chi connectivity index (χ3v) is 4.90. The molecule has 1 aromatic rings. The van der Waals surface area contributed by atoms with Crippen molar-refractivity contribution in [2.24, 2.45) is 5.92 Å². The van der Waals surface area contributed by atoms with Crippen LogP contribution in [0.2, 0.25) is 0 Å². The molecule has 0 radical (unpaired) electrons. The minimum atomic E-state index is -0.0548. The van der Waals surface area contributed by atoms with Gasteiger partial charge in [0.25, 0.3) is 0 Å². The van der Waals surface area contributed by atoms with E-state index >= 15 is 0 Å². The van der Waals surface area contributed by atoms with E-state index < -0.39 is 0 Å². The van der Waals surface area contributed by atoms with Gasteiger partial charge in [-0.3, -0.25) is 0 Å². The first-order valence-electron chi connectivity index (χ1n) is 6.93. The SMILES string of the molecule is Fc1c(Br)cccc1C1CCCC1CNC1CC1. The van der Waals surface area contributed by atoms with Crippen molar-refractivity contribution in [2.45, 2.75) is 44.1 Å². The van der Waals surface area contributed by atoms with E-state index in [-0.39, 0.29) is 5.82 Å². The molecular formula is C15H19BrFN. The van der Waals surface area contributed by atoms with Crippen LogP contribution in [0.15, 0.2) is 22.7 Å². The van der Waals surface area contributed by atoms with Gasteiger partial charge in [0.05, 0.1) is 4.47 Å². The molecule has 0 bridgehead atoms. The van der Waals surface area contributed by atoms with Crippen molar-refractivity contribution < 1.29 is 4.39 Å². The van der Waals surface area contributed by atoms with E-state index in [2.05, 4.69) is 21.2 Å². The van der Waals surface area contributed by atoms with Crippen LogP contribution >= 0.6 is 15.9 Å². The summed E-state index contributed by atoms with van der Waals surface area (Å²) in [6.07, 6.45) is 6.24. The van der Waals surface area contributed by atoms with Gasteiger partial charge in [0.2, 0.25) is 0 Å². The van der Waals surface area contributed by atoms with Gasteiger partial charge in [0.15, 0.2) is 0 Å². The van der Waals surface area contributed by atoms with Gasteiger partial charge in [-0.25, -0.2) is 4.39 Å². The Morgan fingerprint density at radius 3 is 2.83 bits per heavy atom. The maximum atomic E-state index is 14.2. The Balaban J connectivity index is 1.74. The molecule has 98 valence electrons. The molecule has 1 N–H and O–H groups in total. The predicted molar refractivity (Wildman–Crippen MR) is 75.2 cm³/mol. The number of nitrogens with one attached hydrogen (secondary N) is 1. The molecule has 0 saturated heterocycles. The van der Waals surface area contributed by atoms with E-state index in [9.17, 15) is 4.39 Å². The van der Waals surface area contributed by atoms with E-state index in [4.69, 9.17) is 0 Å². The molecule has 2 fully saturated rings. The molecule has 3 heteroatoms. The molecule has 2 atom stereocenters. The predicted octanol–water partition coefficient (Wildman–Crippen LogP) is 4.22. The highest BCUT2D eigenvalue weighted by atomic mass is 79.9. The molecule has 18 heavy (non-hydrogen) atoms. The first-order chi connectivity index (χ1) is 8.75. The van der Waals surface area contributed by atoms with E-state index in [1.165, 1.54) is 25.7 Å². The summed E-state index contributed by atoms with van der Waals surface area (Å²) in [6.45, 7) is 1.06. The molecule has 2 aliphatic rings. The first kappa shape index (κ1) is 12.6. The Morgan fingerprint density at radius 1 is 1.22 bits per heavy atom. The standard InChI is InChI=1S/C15H19BrFN/c16-14-6-2-5-13(15(14)17)12-4-1-3-10(12)9-18-11-7-8-11/h2,5-6,10-12,18H,1,3-4,7-9H2. The Morgan fingerprint density at radius 2 is 2.06 bits per heavy atom. The molecule has 0 spiro atoms. The summed E-state index contributed by atoms with van der Waals surface area (Å²) in [7, 11) is 0. The highest BCUT2D eigenvalue weighted by molar-refractivity contribution is 9.10. The van der Waals surface area contributed by atoms with E-state index in [0.717, 1.165) is 24.6 Å². The van der Waals surface area contributed by atoms with Crippen molar-refractivity contribution in [1.82, 2.24) is 5.32 Å². The van der Waals surface area contributed by atoms with E-state index in [1.807, 2.05) is 12.1 Å². The number of hydrogen-bond acceptors (Lipinski definition) is 1. The van der Waals surface area contributed by atoms with Crippen LogP contribution in [-0.4, -0.2) is 12.6 Å². The lowest BCUT2D eigenvalue weighted by molar-refractivity contribution is 0.430. The first-order valence-corrected chi connectivity index (χ1v) is 7.72. The molecule has 0 heterocycles. The number of rotatable bonds is 4. The van der Waals surface area contributed by atoms with Crippen LogP contribution in [0.1, 0.15) is 43.6 Å². The number of benzene rings is 1. The van der Waals surface area contributed by atoms with Crippen molar-refractivity contribution in [3.63, 3.8) is 0 Å². The van der Waals surface area contributed by atoms with Gasteiger partial charge in [0, 0.05) is 6.04 Å². The summed E-state index contributed by atoms with van der Waals surface area (Å²) >= 11 is 3.29. The summed E-state index contributed by atoms with van der Waals surface area (Å²) < 4.78 is 14.8. The molecule has 1 nitrogen and oxygen atoms in total. The maximum Gasteiger partial charge on any atom is 0.140 e. The Labute approximate surface area is 116 Å². The van der Waals surface area contributed by atoms with Crippen molar-refractivity contribution in [3.8, 4) is 0 Å². The maximum absolute atomic E-state index is 14.2. The van der Waals surface area contributed by atoms with Crippen molar-refractivity contribution in [2.75, 3.05) is 6.54 Å². The third-order valence-electron chi connectivity index (χ3n) is 4.29. The average Bonchev–Trinajstić information content (AvgIpc) is 3.08. The number of halogens is 2. The zero-order valence-electron chi connectivity index (χ0n) is 10.5. The van der Waals surface area contributed by atoms with Gasteiger partial charge in [0.1, 0.15) is 5.82 Å². The summed E-state index contributed by atoms with van der Waals surface area (Å²) in [5.74, 6) is 0.948. The molecule has 1 aromatic carbocycles. The zero-order valence-corrected chi connectivity index (χ0v) is 12.0. The molecule has 0 aromatic heterocycles. The van der Waals surface area contributed by atoms with Gasteiger partial charge in [-0.1, -0.05) is 18.6 Å². The van der Waals surface area contributed by atoms with Crippen LogP contribution < -0.4 is 5.32 Å². The van der Waals surface area contributed by atoms with Gasteiger partial charge >= 0.3 is 0 Å². The lowest BCUT2D eigenvalue weighted by Gasteiger charge is -2.21. The minimum Gasteiger partial charge on any atom is -0.314 e. The van der Waals surface area contributed by atoms with Crippen LogP contribution in [0.25, 0.3) is 0 Å². The minimum absolute atomic E-state index is 0.0548. The summed E-state index contributed by atoms with van der Waals surface area (Å²) in [4.78, 5) is 0. The highest BCUT2D eigenvalue weighted by Gasteiger charge is 2.32. The van der Waals surface area contributed by atoms with Crippen molar-refractivity contribution in [1.29, 1.82) is 0 Å². The molecule has 2 unspecified atom stereocenters. The molecular weight excluding hydrogens is 293 g/mol. The summed E-state index contributed by atoms with van der Waals surface area (Å²) in [5, 5.41) is 3.60. The second kappa shape index (κ2) is 5.30. The van der Waals surface area contributed by atoms with Gasteiger partial charge in [-0.2, -0.15) is 0 Å². The number of hydrogen-bond donors (Lipinski definition) is 1. The Hall–Kier alpha value is -0.410. The van der Waals surface area contributed by atoms with Crippen molar-refractivity contribution >= 4 is 15.9 Å². The highest BCUT2D eigenvalue weighted by Crippen LogP contribution is 2.41. The van der Waals surface area contributed by atoms with Crippen LogP contribution in [-0.2, 0) is 0 Å². The van der Waals surface area contributed by atoms with E-state index in [0.29, 0.717) is 16.3 Å². The normalized spacial score (nSPS) is 27.7. The second-order valence-electron chi connectivity index (χ2n) is 5.62. The smallest absolute Gasteiger partial charge is 0.140 e. The fraction of sp³-hybridized carbons (Fsp3) is 0.600. The Kier molecular flexibility index (Phi) is 3.71. The summed E-state index contributed by atoms with van der Waals surface area (Å²) in [6, 6.07) is 6.44. The fourth-order valence-electron chi connectivity index (χ4n) is 3.10. The second-order valence-corrected chi connectivity index (χ2v) is 6.48. The topological polar surface area (TPSA) is 12.0 Å². The van der Waals surface area contributed by atoms with Crippen molar-refractivity contribution in [3.05, 3.63) is 34.1 Å². The largest absolute Gasteiger partial charge is 0.314 e. The molecule has 0 aliphatic heterocycles. The lowest BCUT2D eigenvalue weighted by atomic mass is 9.88. The van der Waals surface area contributed by atoms with Gasteiger partial charge in [-0.05, 0) is 71.6 Å². The van der Waals surface area contributed by atoms with E-state index in [1.54, 1.807) is 6.07 Å². The summed E-state index contributed by atoms with van der Waals surface area (Å²) in [5.41, 5.74) is 0.907. The van der Waals surface area contributed by atoms with Gasteiger partial charge in [-0.15, -0.1) is 0 Å². The lowest BCUT2D eigenvalue weighted by Crippen LogP contribution is -2.26. The fourth-order valence-corrected chi connectivity index (χ4v) is 3.48. The van der Waals surface area contributed by atoms with Crippen LogP contribution in [0, 0.1) is 11.7 Å². The Bertz CT molecular complexity index is 431. The van der Waals surface area contributed by atoms with Crippen LogP contribution in [0.5, 0.6) is 0 Å². The molecule has 0 amide bonds. The molecule has 2 saturated carbocycles. The van der Waals surface area contributed by atoms with Crippen LogP contribution in [0.4, 0.5) is 4.39 Å². The average molecular weight is 312 g/mol. The third kappa shape index (κ3) is 2.62. The molecule has 3 rings (SSSR count). The monoisotopic (exact) mass is 311 g/mol. The van der Waals surface area contributed by atoms with Crippen LogP contribution in [0.3, 0.4) is 0 Å². The molecule has 2 aliphatic carbocycles. The van der Waals surface area contributed by atoms with Gasteiger partial charge < -0.3 is 5.32 Å². The quantitative estimate of drug-likeness (QED) is 0.877. The zero-order chi connectivity index (χ0) is 12.5.